The van der Waals surface area contributed by atoms with Gasteiger partial charge in [-0.05, 0) is 37.3 Å². The molecule has 5 aromatic rings. The minimum absolute atomic E-state index is 0.0790. The van der Waals surface area contributed by atoms with Crippen molar-refractivity contribution in [1.82, 2.24) is 9.55 Å². The summed E-state index contributed by atoms with van der Waals surface area (Å²) in [6, 6.07) is 13.5. The zero-order chi connectivity index (χ0) is 21.4. The normalized spacial score (nSPS) is 12.4. The van der Waals surface area contributed by atoms with E-state index in [2.05, 4.69) is 4.98 Å². The molecule has 3 aromatic carbocycles. The molecule has 0 atom stereocenters. The topological polar surface area (TPSA) is 109 Å². The highest BCUT2D eigenvalue weighted by Crippen LogP contribution is 2.31. The van der Waals surface area contributed by atoms with E-state index in [0.717, 1.165) is 5.56 Å². The summed E-state index contributed by atoms with van der Waals surface area (Å²) in [7, 11) is -3.15. The number of aryl methyl sites for hydroxylation is 2. The van der Waals surface area contributed by atoms with Crippen molar-refractivity contribution in [2.75, 3.05) is 0 Å². The lowest BCUT2D eigenvalue weighted by Crippen LogP contribution is -2.16. The summed E-state index contributed by atoms with van der Waals surface area (Å²) in [5.74, 6) is 0. The van der Waals surface area contributed by atoms with Crippen molar-refractivity contribution in [2.45, 2.75) is 11.8 Å². The van der Waals surface area contributed by atoms with E-state index < -0.39 is 20.4 Å². The number of aromatic nitrogens is 2. The second-order valence-electron chi connectivity index (χ2n) is 7.41. The van der Waals surface area contributed by atoms with Gasteiger partial charge in [0.15, 0.2) is 10.9 Å². The summed E-state index contributed by atoms with van der Waals surface area (Å²) in [5.41, 5.74) is 1.10. The predicted octanol–water partition coefficient (Wildman–Crippen LogP) is 3.24. The van der Waals surface area contributed by atoms with Crippen LogP contribution in [0.4, 0.5) is 0 Å². The molecule has 0 saturated heterocycles. The van der Waals surface area contributed by atoms with E-state index in [9.17, 15) is 22.6 Å². The molecule has 5 rings (SSSR count). The van der Waals surface area contributed by atoms with Gasteiger partial charge in [0.05, 0.1) is 21.9 Å². The Balaban J connectivity index is 2.21. The molecule has 0 aliphatic carbocycles. The molecule has 0 saturated carbocycles. The van der Waals surface area contributed by atoms with Gasteiger partial charge in [-0.25, -0.2) is 0 Å². The smallest absolute Gasteiger partial charge is 0.297 e. The number of fused-ring (bicyclic) bond motifs is 4. The van der Waals surface area contributed by atoms with Crippen molar-refractivity contribution in [2.24, 2.45) is 7.05 Å². The Hall–Kier alpha value is -3.49. The Kier molecular flexibility index (Phi) is 3.71. The van der Waals surface area contributed by atoms with Gasteiger partial charge in [0.1, 0.15) is 4.90 Å². The minimum Gasteiger partial charge on any atom is -0.353 e. The summed E-state index contributed by atoms with van der Waals surface area (Å²) >= 11 is 0. The van der Waals surface area contributed by atoms with E-state index >= 15 is 0 Å². The van der Waals surface area contributed by atoms with Gasteiger partial charge in [-0.15, -0.1) is 0 Å². The van der Waals surface area contributed by atoms with Crippen molar-refractivity contribution in [3.05, 3.63) is 74.5 Å². The number of aromatic amines is 1. The van der Waals surface area contributed by atoms with Gasteiger partial charge >= 0.3 is 0 Å². The van der Waals surface area contributed by atoms with Crippen LogP contribution in [0.15, 0.2) is 63.0 Å². The van der Waals surface area contributed by atoms with Gasteiger partial charge in [-0.3, -0.25) is 14.1 Å². The zero-order valence-corrected chi connectivity index (χ0v) is 16.9. The van der Waals surface area contributed by atoms with E-state index in [4.69, 9.17) is 0 Å². The Morgan fingerprint density at radius 1 is 0.900 bits per heavy atom. The molecular weight excluding hydrogens is 404 g/mol. The number of rotatable bonds is 1. The predicted molar refractivity (Wildman–Crippen MR) is 117 cm³/mol. The number of para-hydroxylation sites is 1. The summed E-state index contributed by atoms with van der Waals surface area (Å²) in [6.45, 7) is 1.83. The van der Waals surface area contributed by atoms with Crippen LogP contribution in [0.2, 0.25) is 0 Å². The van der Waals surface area contributed by atoms with Crippen LogP contribution in [-0.4, -0.2) is 22.5 Å². The third-order valence-electron chi connectivity index (χ3n) is 5.54. The van der Waals surface area contributed by atoms with Crippen molar-refractivity contribution < 1.29 is 13.0 Å². The first-order chi connectivity index (χ1) is 14.2. The van der Waals surface area contributed by atoms with E-state index in [1.54, 1.807) is 48.0 Å². The van der Waals surface area contributed by atoms with E-state index in [0.29, 0.717) is 21.8 Å². The van der Waals surface area contributed by atoms with Gasteiger partial charge in [0, 0.05) is 28.7 Å². The first kappa shape index (κ1) is 18.5. The molecule has 0 amide bonds. The fraction of sp³-hybridized carbons (Fsp3) is 0.0909. The first-order valence-corrected chi connectivity index (χ1v) is 10.6. The van der Waals surface area contributed by atoms with Crippen molar-refractivity contribution >= 4 is 53.7 Å². The first-order valence-electron chi connectivity index (χ1n) is 9.17. The number of pyridine rings is 2. The maximum Gasteiger partial charge on any atom is 0.297 e. The molecule has 150 valence electrons. The SMILES string of the molecule is Cc1ccc2c(c1)c(=O)c1c(S(=O)(=O)O)c3[nH]c4ccccc4c(=O)c3cc1n2C. The van der Waals surface area contributed by atoms with Gasteiger partial charge in [0.25, 0.3) is 10.1 Å². The maximum atomic E-state index is 13.4. The maximum absolute atomic E-state index is 13.4. The summed E-state index contributed by atoms with van der Waals surface area (Å²) in [5, 5.41) is 0.635. The van der Waals surface area contributed by atoms with Crippen molar-refractivity contribution in [3.8, 4) is 0 Å². The van der Waals surface area contributed by atoms with E-state index in [-0.39, 0.29) is 27.2 Å². The van der Waals surface area contributed by atoms with Crippen LogP contribution in [-0.2, 0) is 17.2 Å². The number of nitrogens with one attached hydrogen (secondary N) is 1. The second-order valence-corrected chi connectivity index (χ2v) is 8.76. The van der Waals surface area contributed by atoms with Gasteiger partial charge in [0.2, 0.25) is 0 Å². The molecule has 2 heterocycles. The Labute approximate surface area is 169 Å². The van der Waals surface area contributed by atoms with Crippen LogP contribution in [0.3, 0.4) is 0 Å². The van der Waals surface area contributed by atoms with Crippen LogP contribution in [0.25, 0.3) is 43.6 Å². The fourth-order valence-electron chi connectivity index (χ4n) is 4.15. The van der Waals surface area contributed by atoms with Gasteiger partial charge in [-0.1, -0.05) is 23.8 Å². The molecule has 7 nitrogen and oxygen atoms in total. The lowest BCUT2D eigenvalue weighted by Gasteiger charge is -2.15. The molecule has 0 unspecified atom stereocenters. The van der Waals surface area contributed by atoms with Crippen LogP contribution >= 0.6 is 0 Å². The Morgan fingerprint density at radius 3 is 2.37 bits per heavy atom. The second kappa shape index (κ2) is 6.01. The summed E-state index contributed by atoms with van der Waals surface area (Å²) in [4.78, 5) is 28.9. The standard InChI is InChI=1S/C22H16N2O5S/c1-11-7-8-16-13(9-11)21(26)18-17(24(16)2)10-14-19(22(18)30(27,28)29)23-15-6-4-3-5-12(15)20(14)25/h3-10H,1-2H3,(H,23,25)(H,27,28,29). The lowest BCUT2D eigenvalue weighted by atomic mass is 10.0. The molecule has 0 fully saturated rings. The molecule has 0 spiro atoms. The molecule has 0 aliphatic heterocycles. The van der Waals surface area contributed by atoms with Crippen molar-refractivity contribution in [1.29, 1.82) is 0 Å². The third-order valence-corrected chi connectivity index (χ3v) is 6.47. The monoisotopic (exact) mass is 420 g/mol. The molecule has 0 radical (unpaired) electrons. The van der Waals surface area contributed by atoms with Gasteiger partial charge < -0.3 is 9.55 Å². The molecule has 8 heteroatoms. The summed E-state index contributed by atoms with van der Waals surface area (Å²) in [6.07, 6.45) is 0. The molecule has 30 heavy (non-hydrogen) atoms. The van der Waals surface area contributed by atoms with E-state index in [1.165, 1.54) is 6.07 Å². The van der Waals surface area contributed by atoms with Crippen LogP contribution in [0.1, 0.15) is 5.56 Å². The molecule has 0 bridgehead atoms. The molecule has 2 aromatic heterocycles. The zero-order valence-electron chi connectivity index (χ0n) is 16.1. The number of hydrogen-bond acceptors (Lipinski definition) is 4. The van der Waals surface area contributed by atoms with Gasteiger partial charge in [-0.2, -0.15) is 8.42 Å². The molecular formula is C22H16N2O5S. The highest BCUT2D eigenvalue weighted by molar-refractivity contribution is 7.86. The molecule has 0 aliphatic rings. The highest BCUT2D eigenvalue weighted by atomic mass is 32.2. The third kappa shape index (κ3) is 2.44. The number of benzene rings is 3. The average Bonchev–Trinajstić information content (AvgIpc) is 2.70. The fourth-order valence-corrected chi connectivity index (χ4v) is 5.02. The Morgan fingerprint density at radius 2 is 1.63 bits per heavy atom. The summed E-state index contributed by atoms with van der Waals surface area (Å²) < 4.78 is 36.7. The molecule has 2 N–H and O–H groups in total. The van der Waals surface area contributed by atoms with Crippen LogP contribution in [0.5, 0.6) is 0 Å². The minimum atomic E-state index is -4.84. The average molecular weight is 420 g/mol. The number of hydrogen-bond donors (Lipinski definition) is 2. The quantitative estimate of drug-likeness (QED) is 0.320. The Bertz CT molecular complexity index is 1780. The largest absolute Gasteiger partial charge is 0.353 e. The van der Waals surface area contributed by atoms with Crippen LogP contribution < -0.4 is 10.9 Å². The number of H-pyrrole nitrogens is 1. The highest BCUT2D eigenvalue weighted by Gasteiger charge is 2.25. The van der Waals surface area contributed by atoms with E-state index in [1.807, 2.05) is 13.0 Å². The van der Waals surface area contributed by atoms with Crippen LogP contribution in [0, 0.1) is 6.92 Å². The van der Waals surface area contributed by atoms with Crippen molar-refractivity contribution in [3.63, 3.8) is 0 Å². The number of nitrogens with zero attached hydrogens (tertiary/aromatic N) is 1. The lowest BCUT2D eigenvalue weighted by molar-refractivity contribution is 0.485.